The molecule has 9 nitrogen and oxygen atoms in total. The van der Waals surface area contributed by atoms with E-state index in [2.05, 4.69) is 28.8 Å². The van der Waals surface area contributed by atoms with Gasteiger partial charge in [0, 0.05) is 25.2 Å². The van der Waals surface area contributed by atoms with Crippen molar-refractivity contribution in [1.82, 2.24) is 20.4 Å². The number of carbonyl (C=O) groups excluding carboxylic acids is 4. The Labute approximate surface area is 209 Å². The van der Waals surface area contributed by atoms with Crippen molar-refractivity contribution in [3.8, 4) is 5.75 Å². The number of nitrogens with one attached hydrogen (secondary N) is 2. The lowest BCUT2D eigenvalue weighted by Crippen LogP contribution is -2.58. The second-order valence-corrected chi connectivity index (χ2v) is 9.47. The van der Waals surface area contributed by atoms with Crippen LogP contribution in [-0.4, -0.2) is 65.8 Å². The highest BCUT2D eigenvalue weighted by Crippen LogP contribution is 2.30. The molecule has 2 N–H and O–H groups in total. The van der Waals surface area contributed by atoms with E-state index in [1.807, 2.05) is 24.3 Å². The van der Waals surface area contributed by atoms with Crippen LogP contribution in [-0.2, 0) is 22.6 Å². The number of imide groups is 1. The number of nitrogens with zero attached hydrogens (tertiary/aromatic N) is 2. The number of ether oxygens (including phenoxy) is 1. The SMILES string of the molecule is COc1ccc2c(c1)C(=O)N(CC1(CC(=O)N3CC=C(Cc4ccccc4)CC3)NC(=O)NC1=O)C2. The number of hydrogen-bond donors (Lipinski definition) is 2. The lowest BCUT2D eigenvalue weighted by molar-refractivity contribution is -0.136. The summed E-state index contributed by atoms with van der Waals surface area (Å²) in [5.74, 6) is -0.547. The van der Waals surface area contributed by atoms with E-state index >= 15 is 0 Å². The van der Waals surface area contributed by atoms with E-state index in [0.717, 1.165) is 18.4 Å². The van der Waals surface area contributed by atoms with Crippen molar-refractivity contribution in [2.75, 3.05) is 26.7 Å². The normalized spacial score (nSPS) is 21.1. The van der Waals surface area contributed by atoms with Gasteiger partial charge in [0.05, 0.1) is 20.1 Å². The van der Waals surface area contributed by atoms with Crippen LogP contribution in [0.25, 0.3) is 0 Å². The predicted molar refractivity (Wildman–Crippen MR) is 131 cm³/mol. The minimum Gasteiger partial charge on any atom is -0.497 e. The van der Waals surface area contributed by atoms with Crippen LogP contribution in [0.3, 0.4) is 0 Å². The maximum absolute atomic E-state index is 13.3. The maximum Gasteiger partial charge on any atom is 0.322 e. The van der Waals surface area contributed by atoms with Crippen molar-refractivity contribution in [1.29, 1.82) is 0 Å². The van der Waals surface area contributed by atoms with Gasteiger partial charge in [-0.15, -0.1) is 0 Å². The largest absolute Gasteiger partial charge is 0.497 e. The average Bonchev–Trinajstić information content (AvgIpc) is 3.33. The number of fused-ring (bicyclic) bond motifs is 1. The summed E-state index contributed by atoms with van der Waals surface area (Å²) in [6, 6.07) is 14.7. The maximum atomic E-state index is 13.3. The van der Waals surface area contributed by atoms with Gasteiger partial charge in [0.2, 0.25) is 5.91 Å². The molecule has 5 rings (SSSR count). The molecular weight excluding hydrogens is 460 g/mol. The van der Waals surface area contributed by atoms with Gasteiger partial charge in [-0.1, -0.05) is 48.0 Å². The van der Waals surface area contributed by atoms with E-state index in [0.29, 0.717) is 24.4 Å². The van der Waals surface area contributed by atoms with Gasteiger partial charge >= 0.3 is 6.03 Å². The summed E-state index contributed by atoms with van der Waals surface area (Å²) in [4.78, 5) is 54.6. The minimum atomic E-state index is -1.52. The Morgan fingerprint density at radius 2 is 1.92 bits per heavy atom. The highest BCUT2D eigenvalue weighted by Gasteiger charge is 2.51. The highest BCUT2D eigenvalue weighted by atomic mass is 16.5. The Hall–Kier alpha value is -4.14. The van der Waals surface area contributed by atoms with Crippen LogP contribution in [0.1, 0.15) is 34.3 Å². The van der Waals surface area contributed by atoms with E-state index in [1.165, 1.54) is 23.1 Å². The zero-order valence-electron chi connectivity index (χ0n) is 20.1. The Kier molecular flexibility index (Phi) is 6.22. The predicted octanol–water partition coefficient (Wildman–Crippen LogP) is 2.02. The molecule has 0 aromatic heterocycles. The molecule has 0 bridgehead atoms. The fourth-order valence-corrected chi connectivity index (χ4v) is 5.07. The lowest BCUT2D eigenvalue weighted by Gasteiger charge is -2.33. The Balaban J connectivity index is 1.28. The molecule has 1 atom stereocenters. The molecule has 3 aliphatic rings. The molecule has 9 heteroatoms. The van der Waals surface area contributed by atoms with Crippen LogP contribution >= 0.6 is 0 Å². The molecule has 0 spiro atoms. The van der Waals surface area contributed by atoms with Gasteiger partial charge in [0.25, 0.3) is 11.8 Å². The van der Waals surface area contributed by atoms with Crippen molar-refractivity contribution in [3.63, 3.8) is 0 Å². The second kappa shape index (κ2) is 9.49. The number of methoxy groups -OCH3 is 1. The first kappa shape index (κ1) is 23.6. The molecule has 2 aromatic rings. The number of urea groups is 1. The van der Waals surface area contributed by atoms with E-state index < -0.39 is 17.5 Å². The number of hydrogen-bond acceptors (Lipinski definition) is 5. The topological polar surface area (TPSA) is 108 Å². The summed E-state index contributed by atoms with van der Waals surface area (Å²) in [6.07, 6.45) is 3.42. The molecule has 3 heterocycles. The summed E-state index contributed by atoms with van der Waals surface area (Å²) >= 11 is 0. The number of amides is 5. The van der Waals surface area contributed by atoms with Crippen LogP contribution in [0.5, 0.6) is 5.75 Å². The smallest absolute Gasteiger partial charge is 0.322 e. The Bertz CT molecular complexity index is 1260. The fourth-order valence-electron chi connectivity index (χ4n) is 5.07. The van der Waals surface area contributed by atoms with E-state index in [-0.39, 0.29) is 31.3 Å². The van der Waals surface area contributed by atoms with Gasteiger partial charge in [-0.3, -0.25) is 19.7 Å². The molecule has 3 aliphatic heterocycles. The second-order valence-electron chi connectivity index (χ2n) is 9.47. The first-order valence-electron chi connectivity index (χ1n) is 12.0. The van der Waals surface area contributed by atoms with E-state index in [4.69, 9.17) is 4.74 Å². The standard InChI is InChI=1S/C27H28N4O5/c1-36-21-8-7-20-16-31(24(33)22(20)14-21)17-27(25(34)28-26(35)29-27)15-23(32)30-11-9-19(10-12-30)13-18-5-3-2-4-6-18/h2-9,14H,10-13,15-17H2,1H3,(H2,28,29,34,35). The summed E-state index contributed by atoms with van der Waals surface area (Å²) < 4.78 is 5.22. The summed E-state index contributed by atoms with van der Waals surface area (Å²) in [6.45, 7) is 1.17. The molecule has 0 radical (unpaired) electrons. The van der Waals surface area contributed by atoms with Gasteiger partial charge < -0.3 is 19.9 Å². The van der Waals surface area contributed by atoms with Crippen molar-refractivity contribution in [2.45, 2.75) is 31.3 Å². The zero-order valence-corrected chi connectivity index (χ0v) is 20.1. The van der Waals surface area contributed by atoms with Crippen LogP contribution in [0, 0.1) is 0 Å². The fraction of sp³-hybridized carbons (Fsp3) is 0.333. The Morgan fingerprint density at radius 1 is 1.11 bits per heavy atom. The Morgan fingerprint density at radius 3 is 2.58 bits per heavy atom. The van der Waals surface area contributed by atoms with E-state index in [1.54, 1.807) is 17.0 Å². The van der Waals surface area contributed by atoms with Crippen molar-refractivity contribution < 1.29 is 23.9 Å². The third-order valence-electron chi connectivity index (χ3n) is 7.05. The van der Waals surface area contributed by atoms with Crippen molar-refractivity contribution in [2.24, 2.45) is 0 Å². The molecule has 0 aliphatic carbocycles. The van der Waals surface area contributed by atoms with E-state index in [9.17, 15) is 19.2 Å². The zero-order chi connectivity index (χ0) is 25.3. The third-order valence-corrected chi connectivity index (χ3v) is 7.05. The minimum absolute atomic E-state index is 0.102. The molecule has 5 amide bonds. The van der Waals surface area contributed by atoms with Crippen LogP contribution in [0.2, 0.25) is 0 Å². The summed E-state index contributed by atoms with van der Waals surface area (Å²) in [5.41, 5.74) is 2.26. The quantitative estimate of drug-likeness (QED) is 0.458. The van der Waals surface area contributed by atoms with Gasteiger partial charge in [-0.05, 0) is 36.1 Å². The molecule has 1 fully saturated rings. The number of rotatable bonds is 7. The van der Waals surface area contributed by atoms with Crippen molar-refractivity contribution >= 4 is 23.8 Å². The van der Waals surface area contributed by atoms with Crippen LogP contribution in [0.15, 0.2) is 60.2 Å². The number of benzene rings is 2. The molecule has 1 saturated heterocycles. The van der Waals surface area contributed by atoms with Gasteiger partial charge in [0.1, 0.15) is 11.3 Å². The highest BCUT2D eigenvalue weighted by molar-refractivity contribution is 6.09. The molecule has 36 heavy (non-hydrogen) atoms. The van der Waals surface area contributed by atoms with Crippen LogP contribution < -0.4 is 15.4 Å². The molecule has 0 saturated carbocycles. The number of carbonyl (C=O) groups is 4. The van der Waals surface area contributed by atoms with Gasteiger partial charge in [0.15, 0.2) is 0 Å². The molecule has 1 unspecified atom stereocenters. The van der Waals surface area contributed by atoms with Crippen LogP contribution in [0.4, 0.5) is 4.79 Å². The lowest BCUT2D eigenvalue weighted by atomic mass is 9.92. The first-order valence-corrected chi connectivity index (χ1v) is 12.0. The monoisotopic (exact) mass is 488 g/mol. The molecule has 2 aromatic carbocycles. The first-order chi connectivity index (χ1) is 17.4. The average molecular weight is 489 g/mol. The molecular formula is C27H28N4O5. The van der Waals surface area contributed by atoms with Gasteiger partial charge in [-0.25, -0.2) is 4.79 Å². The van der Waals surface area contributed by atoms with Crippen molar-refractivity contribution in [3.05, 3.63) is 76.9 Å². The third kappa shape index (κ3) is 4.56. The molecule has 186 valence electrons. The summed E-state index contributed by atoms with van der Waals surface area (Å²) in [7, 11) is 1.53. The summed E-state index contributed by atoms with van der Waals surface area (Å²) in [5, 5.41) is 4.89. The van der Waals surface area contributed by atoms with Gasteiger partial charge in [-0.2, -0.15) is 0 Å².